The van der Waals surface area contributed by atoms with E-state index in [9.17, 15) is 18.4 Å². The Hall–Kier alpha value is -2.19. The highest BCUT2D eigenvalue weighted by Crippen LogP contribution is 2.29. The summed E-state index contributed by atoms with van der Waals surface area (Å²) in [6.07, 6.45) is 3.06. The monoisotopic (exact) mass is 613 g/mol. The molecular weight excluding hydrogens is 589 g/mol. The Morgan fingerprint density at radius 3 is 2.21 bits per heavy atom. The van der Waals surface area contributed by atoms with Crippen molar-refractivity contribution in [1.29, 1.82) is 0 Å². The van der Waals surface area contributed by atoms with Crippen molar-refractivity contribution in [3.8, 4) is 11.5 Å². The fraction of sp³-hybridized carbons (Fsp3) is 0.217. The van der Waals surface area contributed by atoms with Crippen LogP contribution in [0.3, 0.4) is 0 Å². The molecule has 0 fully saturated rings. The summed E-state index contributed by atoms with van der Waals surface area (Å²) in [6.45, 7) is 3.37. The maximum atomic E-state index is 13.2. The number of aromatic nitrogens is 1. The van der Waals surface area contributed by atoms with Crippen molar-refractivity contribution >= 4 is 50.5 Å². The first-order valence-electron chi connectivity index (χ1n) is 10.1. The van der Waals surface area contributed by atoms with E-state index < -0.39 is 27.4 Å². The van der Waals surface area contributed by atoms with E-state index in [1.807, 2.05) is 24.3 Å². The highest BCUT2D eigenvalue weighted by Gasteiger charge is 2.42. The molecule has 0 unspecified atom stereocenters. The van der Waals surface area contributed by atoms with Crippen LogP contribution in [0, 0.1) is 3.57 Å². The third-order valence-electron chi connectivity index (χ3n) is 5.11. The predicted molar refractivity (Wildman–Crippen MR) is 139 cm³/mol. The van der Waals surface area contributed by atoms with Crippen LogP contribution in [0.5, 0.6) is 11.5 Å². The maximum Gasteiger partial charge on any atom is 0.275 e. The number of nitrogens with zero attached hydrogens (tertiary/aromatic N) is 2. The van der Waals surface area contributed by atoms with Gasteiger partial charge in [0.15, 0.2) is 0 Å². The van der Waals surface area contributed by atoms with E-state index >= 15 is 0 Å². The van der Waals surface area contributed by atoms with Crippen LogP contribution in [0.25, 0.3) is 0 Å². The normalized spacial score (nSPS) is 12.7. The molecule has 11 heteroatoms. The molecule has 8 nitrogen and oxygen atoms in total. The maximum absolute atomic E-state index is 13.2. The first-order valence-corrected chi connectivity index (χ1v) is 13.8. The molecule has 180 valence electrons. The van der Waals surface area contributed by atoms with Gasteiger partial charge in [-0.15, -0.1) is 0 Å². The van der Waals surface area contributed by atoms with Crippen molar-refractivity contribution in [3.05, 3.63) is 82.2 Å². The quantitative estimate of drug-likeness (QED) is 0.157. The van der Waals surface area contributed by atoms with Gasteiger partial charge < -0.3 is 4.74 Å². The first-order chi connectivity index (χ1) is 16.0. The number of sulfonamides is 1. The molecule has 0 aliphatic heterocycles. The molecule has 0 spiro atoms. The minimum Gasteiger partial charge on any atom is -0.457 e. The molecule has 34 heavy (non-hydrogen) atoms. The molecule has 1 heterocycles. The lowest BCUT2D eigenvalue weighted by atomic mass is 9.81. The second kappa shape index (κ2) is 11.0. The second-order valence-electron chi connectivity index (χ2n) is 7.81. The number of hydroxylamine groups is 1. The van der Waals surface area contributed by atoms with Crippen molar-refractivity contribution in [2.45, 2.75) is 30.2 Å². The van der Waals surface area contributed by atoms with Gasteiger partial charge in [-0.2, -0.15) is 9.19 Å². The summed E-state index contributed by atoms with van der Waals surface area (Å²) >= 11 is 2.96. The molecule has 2 N–H and O–H groups in total. The number of carbonyl (C=O) groups excluding carboxylic acids is 1. The van der Waals surface area contributed by atoms with Gasteiger partial charge in [-0.1, -0.05) is 19.9 Å². The molecule has 3 rings (SSSR count). The van der Waals surface area contributed by atoms with Gasteiger partial charge in [0, 0.05) is 27.1 Å². The van der Waals surface area contributed by atoms with Crippen LogP contribution in [-0.4, -0.2) is 41.3 Å². The number of hydrogen-bond donors (Lipinski definition) is 2. The lowest BCUT2D eigenvalue weighted by Gasteiger charge is -2.34. The Labute approximate surface area is 217 Å². The van der Waals surface area contributed by atoms with Gasteiger partial charge in [-0.25, -0.2) is 8.42 Å². The summed E-state index contributed by atoms with van der Waals surface area (Å²) in [5.41, 5.74) is -0.581. The SMILES string of the molecule is CSN(O)C(=O)[C@@H](NS(=O)(=O)c1ccc(Oc2ccc(I)cc2)cc1)C(C)(C)c1ccccn1. The topological polar surface area (TPSA) is 109 Å². The van der Waals surface area contributed by atoms with Crippen molar-refractivity contribution in [2.24, 2.45) is 0 Å². The zero-order valence-corrected chi connectivity index (χ0v) is 22.5. The van der Waals surface area contributed by atoms with Gasteiger partial charge in [-0.3, -0.25) is 15.0 Å². The molecule has 2 aromatic carbocycles. The number of amides is 1. The van der Waals surface area contributed by atoms with Crippen molar-refractivity contribution < 1.29 is 23.2 Å². The van der Waals surface area contributed by atoms with Gasteiger partial charge in [0.1, 0.15) is 17.5 Å². The van der Waals surface area contributed by atoms with Gasteiger partial charge in [0.25, 0.3) is 5.91 Å². The van der Waals surface area contributed by atoms with E-state index in [2.05, 4.69) is 32.3 Å². The van der Waals surface area contributed by atoms with Crippen molar-refractivity contribution in [3.63, 3.8) is 0 Å². The van der Waals surface area contributed by atoms with Crippen molar-refractivity contribution in [2.75, 3.05) is 6.26 Å². The smallest absolute Gasteiger partial charge is 0.275 e. The first kappa shape index (κ1) is 26.4. The Bertz CT molecular complexity index is 1220. The highest BCUT2D eigenvalue weighted by molar-refractivity contribution is 14.1. The van der Waals surface area contributed by atoms with Crippen LogP contribution in [0.4, 0.5) is 0 Å². The molecular formula is C23H24IN3O5S2. The van der Waals surface area contributed by atoms with Gasteiger partial charge in [0.2, 0.25) is 10.0 Å². The van der Waals surface area contributed by atoms with Crippen LogP contribution >= 0.6 is 34.5 Å². The van der Waals surface area contributed by atoms with Gasteiger partial charge >= 0.3 is 0 Å². The number of halogens is 1. The largest absolute Gasteiger partial charge is 0.457 e. The number of ether oxygens (including phenoxy) is 1. The number of rotatable bonds is 9. The molecule has 0 bridgehead atoms. The summed E-state index contributed by atoms with van der Waals surface area (Å²) in [4.78, 5) is 17.2. The Kier molecular flexibility index (Phi) is 8.57. The van der Waals surface area contributed by atoms with E-state index in [1.54, 1.807) is 38.2 Å². The Morgan fingerprint density at radius 2 is 1.68 bits per heavy atom. The molecule has 0 aliphatic carbocycles. The molecule has 0 saturated heterocycles. The summed E-state index contributed by atoms with van der Waals surface area (Å²) in [6, 6.07) is 17.1. The molecule has 0 aliphatic rings. The van der Waals surface area contributed by atoms with Crippen LogP contribution in [0.15, 0.2) is 77.8 Å². The minimum atomic E-state index is -4.13. The average molecular weight is 613 g/mol. The Morgan fingerprint density at radius 1 is 1.09 bits per heavy atom. The van der Waals surface area contributed by atoms with Crippen LogP contribution in [0.2, 0.25) is 0 Å². The van der Waals surface area contributed by atoms with Crippen LogP contribution < -0.4 is 9.46 Å². The van der Waals surface area contributed by atoms with Crippen molar-refractivity contribution in [1.82, 2.24) is 14.2 Å². The molecule has 1 aromatic heterocycles. The van der Waals surface area contributed by atoms with Crippen LogP contribution in [-0.2, 0) is 20.2 Å². The molecule has 3 aromatic rings. The number of nitrogens with one attached hydrogen (secondary N) is 1. The number of carbonyl (C=O) groups is 1. The molecule has 0 radical (unpaired) electrons. The van der Waals surface area contributed by atoms with Crippen LogP contribution in [0.1, 0.15) is 19.5 Å². The summed E-state index contributed by atoms with van der Waals surface area (Å²) in [5, 5.41) is 10.0. The van der Waals surface area contributed by atoms with E-state index in [4.69, 9.17) is 4.74 Å². The molecule has 1 atom stereocenters. The third kappa shape index (κ3) is 6.27. The van der Waals surface area contributed by atoms with E-state index in [-0.39, 0.29) is 4.90 Å². The van der Waals surface area contributed by atoms with E-state index in [1.165, 1.54) is 30.5 Å². The highest BCUT2D eigenvalue weighted by atomic mass is 127. The lowest BCUT2D eigenvalue weighted by Crippen LogP contribution is -2.55. The summed E-state index contributed by atoms with van der Waals surface area (Å²) in [5.74, 6) is 0.271. The minimum absolute atomic E-state index is 0.0503. The van der Waals surface area contributed by atoms with E-state index in [0.717, 1.165) is 15.5 Å². The lowest BCUT2D eigenvalue weighted by molar-refractivity contribution is -0.148. The third-order valence-corrected chi connectivity index (χ3v) is 7.80. The Balaban J connectivity index is 1.87. The van der Waals surface area contributed by atoms with Gasteiger partial charge in [0.05, 0.1) is 4.90 Å². The van der Waals surface area contributed by atoms with Gasteiger partial charge in [-0.05, 0) is 95.2 Å². The van der Waals surface area contributed by atoms with E-state index in [0.29, 0.717) is 21.7 Å². The zero-order chi connectivity index (χ0) is 24.9. The molecule has 0 saturated carbocycles. The fourth-order valence-electron chi connectivity index (χ4n) is 3.15. The predicted octanol–water partition coefficient (Wildman–Crippen LogP) is 4.60. The number of pyridine rings is 1. The fourth-order valence-corrected chi connectivity index (χ4v) is 5.13. The zero-order valence-electron chi connectivity index (χ0n) is 18.7. The standard InChI is InChI=1S/C23H24IN3O5S2/c1-23(2,20-6-4-5-15-25-20)21(22(28)27(29)33-3)26-34(30,31)19-13-11-18(12-14-19)32-17-9-7-16(24)8-10-17/h4-15,21,26,29H,1-3H3/t21-/m1/s1. The average Bonchev–Trinajstić information content (AvgIpc) is 2.84. The number of benzene rings is 2. The summed E-state index contributed by atoms with van der Waals surface area (Å²) in [7, 11) is -4.13. The summed E-state index contributed by atoms with van der Waals surface area (Å²) < 4.78 is 36.1. The number of hydrogen-bond acceptors (Lipinski definition) is 7. The molecule has 1 amide bonds. The second-order valence-corrected chi connectivity index (χ2v) is 11.5.